The van der Waals surface area contributed by atoms with Crippen LogP contribution >= 0.6 is 0 Å². The summed E-state index contributed by atoms with van der Waals surface area (Å²) in [6.45, 7) is 4.11. The number of ether oxygens (including phenoxy) is 2. The van der Waals surface area contributed by atoms with Crippen LogP contribution < -0.4 is 20.3 Å². The van der Waals surface area contributed by atoms with E-state index in [1.807, 2.05) is 38.1 Å². The van der Waals surface area contributed by atoms with Crippen molar-refractivity contribution >= 4 is 11.8 Å². The zero-order valence-corrected chi connectivity index (χ0v) is 14.2. The van der Waals surface area contributed by atoms with E-state index in [9.17, 15) is 9.59 Å². The lowest BCUT2D eigenvalue weighted by atomic mass is 10.0. The van der Waals surface area contributed by atoms with Crippen LogP contribution in [-0.2, 0) is 16.0 Å². The maximum Gasteiger partial charge on any atom is 0.283 e. The molecule has 2 amide bonds. The quantitative estimate of drug-likeness (QED) is 0.836. The van der Waals surface area contributed by atoms with Gasteiger partial charge in [-0.05, 0) is 42.7 Å². The van der Waals surface area contributed by atoms with Gasteiger partial charge in [-0.2, -0.15) is 0 Å². The molecule has 0 saturated carbocycles. The topological polar surface area (TPSA) is 76.7 Å². The van der Waals surface area contributed by atoms with Gasteiger partial charge in [-0.3, -0.25) is 20.4 Å². The van der Waals surface area contributed by atoms with E-state index in [1.54, 1.807) is 18.2 Å². The Hall–Kier alpha value is -3.02. The van der Waals surface area contributed by atoms with Gasteiger partial charge in [-0.25, -0.2) is 0 Å². The Morgan fingerprint density at radius 3 is 2.56 bits per heavy atom. The predicted octanol–water partition coefficient (Wildman–Crippen LogP) is 1.83. The first kappa shape index (κ1) is 16.8. The molecule has 0 unspecified atom stereocenters. The van der Waals surface area contributed by atoms with Crippen molar-refractivity contribution in [2.45, 2.75) is 26.4 Å². The number of nitrogens with one attached hydrogen (secondary N) is 2. The molecule has 0 saturated heterocycles. The van der Waals surface area contributed by atoms with Crippen LogP contribution in [0.5, 0.6) is 11.5 Å². The van der Waals surface area contributed by atoms with Crippen LogP contribution in [0.3, 0.4) is 0 Å². The van der Waals surface area contributed by atoms with Gasteiger partial charge in [0.15, 0.2) is 11.5 Å². The van der Waals surface area contributed by atoms with Gasteiger partial charge in [-0.15, -0.1) is 0 Å². The number of hydrazine groups is 1. The van der Waals surface area contributed by atoms with Crippen molar-refractivity contribution in [3.63, 3.8) is 0 Å². The van der Waals surface area contributed by atoms with Gasteiger partial charge in [-0.1, -0.05) is 30.3 Å². The number of amides is 2. The fraction of sp³-hybridized carbons (Fsp3) is 0.263. The summed E-state index contributed by atoms with van der Waals surface area (Å²) < 4.78 is 11.1. The maximum absolute atomic E-state index is 12.1. The summed E-state index contributed by atoms with van der Waals surface area (Å²) in [4.78, 5) is 24.1. The minimum atomic E-state index is -0.809. The molecule has 130 valence electrons. The van der Waals surface area contributed by atoms with Crippen molar-refractivity contribution in [2.24, 2.45) is 0 Å². The first-order valence-corrected chi connectivity index (χ1v) is 8.06. The highest BCUT2D eigenvalue weighted by Gasteiger charge is 2.27. The van der Waals surface area contributed by atoms with Crippen LogP contribution in [0.2, 0.25) is 0 Å². The van der Waals surface area contributed by atoms with Crippen molar-refractivity contribution in [3.05, 3.63) is 59.2 Å². The molecule has 0 spiro atoms. The lowest BCUT2D eigenvalue weighted by molar-refractivity contribution is -0.134. The van der Waals surface area contributed by atoms with Crippen molar-refractivity contribution in [1.29, 1.82) is 0 Å². The normalized spacial score (nSPS) is 15.4. The lowest BCUT2D eigenvalue weighted by Crippen LogP contribution is -2.51. The molecule has 6 heteroatoms. The third kappa shape index (κ3) is 4.09. The molecule has 2 N–H and O–H groups in total. The third-order valence-electron chi connectivity index (χ3n) is 4.06. The largest absolute Gasteiger partial charge is 0.485 e. The molecule has 25 heavy (non-hydrogen) atoms. The second-order valence-corrected chi connectivity index (χ2v) is 6.00. The molecule has 3 rings (SSSR count). The average Bonchev–Trinajstić information content (AvgIpc) is 2.62. The number of hydrogen-bond acceptors (Lipinski definition) is 4. The van der Waals surface area contributed by atoms with E-state index < -0.39 is 12.0 Å². The fourth-order valence-corrected chi connectivity index (χ4v) is 2.50. The Bertz CT molecular complexity index is 804. The molecule has 1 aliphatic heterocycles. The summed E-state index contributed by atoms with van der Waals surface area (Å²) in [6, 6.07) is 13.0. The van der Waals surface area contributed by atoms with E-state index in [0.717, 1.165) is 11.1 Å². The molecule has 1 atom stereocenters. The van der Waals surface area contributed by atoms with Crippen LogP contribution in [0.1, 0.15) is 16.7 Å². The first-order chi connectivity index (χ1) is 12.0. The highest BCUT2D eigenvalue weighted by atomic mass is 16.6. The van der Waals surface area contributed by atoms with Gasteiger partial charge >= 0.3 is 0 Å². The summed E-state index contributed by atoms with van der Waals surface area (Å²) in [6.07, 6.45) is -0.622. The van der Waals surface area contributed by atoms with E-state index >= 15 is 0 Å². The number of benzene rings is 2. The molecule has 0 radical (unpaired) electrons. The third-order valence-corrected chi connectivity index (χ3v) is 4.06. The molecule has 2 aromatic carbocycles. The second kappa shape index (κ2) is 7.25. The van der Waals surface area contributed by atoms with Gasteiger partial charge in [0, 0.05) is 0 Å². The Kier molecular flexibility index (Phi) is 4.88. The molecular weight excluding hydrogens is 320 g/mol. The Morgan fingerprint density at radius 2 is 1.80 bits per heavy atom. The number of aryl methyl sites for hydroxylation is 2. The number of carbonyl (C=O) groups is 2. The zero-order chi connectivity index (χ0) is 17.8. The predicted molar refractivity (Wildman–Crippen MR) is 92.3 cm³/mol. The van der Waals surface area contributed by atoms with Gasteiger partial charge in [0.25, 0.3) is 5.91 Å². The van der Waals surface area contributed by atoms with Crippen LogP contribution in [0.4, 0.5) is 0 Å². The molecular formula is C19H20N2O4. The maximum atomic E-state index is 12.1. The number of rotatable bonds is 3. The first-order valence-electron chi connectivity index (χ1n) is 8.06. The molecule has 2 aromatic rings. The van der Waals surface area contributed by atoms with Crippen molar-refractivity contribution in [1.82, 2.24) is 10.9 Å². The summed E-state index contributed by atoms with van der Waals surface area (Å²) in [5, 5.41) is 0. The number of carbonyl (C=O) groups excluding carboxylic acids is 2. The Labute approximate surface area is 146 Å². The summed E-state index contributed by atoms with van der Waals surface area (Å²) in [7, 11) is 0. The number of hydrogen-bond donors (Lipinski definition) is 2. The Morgan fingerprint density at radius 1 is 1.04 bits per heavy atom. The summed E-state index contributed by atoms with van der Waals surface area (Å²) in [5.74, 6) is 0.359. The SMILES string of the molecule is Cc1ccc(CC(=O)NNC(=O)[C@H]2COc3ccccc3O2)cc1C. The van der Waals surface area contributed by atoms with E-state index in [0.29, 0.717) is 11.5 Å². The highest BCUT2D eigenvalue weighted by Crippen LogP contribution is 2.30. The van der Waals surface area contributed by atoms with E-state index in [-0.39, 0.29) is 18.9 Å². The number of para-hydroxylation sites is 2. The van der Waals surface area contributed by atoms with Crippen molar-refractivity contribution < 1.29 is 19.1 Å². The summed E-state index contributed by atoms with van der Waals surface area (Å²) in [5.41, 5.74) is 7.99. The fourth-order valence-electron chi connectivity index (χ4n) is 2.50. The number of fused-ring (bicyclic) bond motifs is 1. The van der Waals surface area contributed by atoms with E-state index in [2.05, 4.69) is 10.9 Å². The van der Waals surface area contributed by atoms with Crippen molar-refractivity contribution in [2.75, 3.05) is 6.61 Å². The van der Waals surface area contributed by atoms with Crippen LogP contribution in [0.25, 0.3) is 0 Å². The minimum absolute atomic E-state index is 0.0931. The van der Waals surface area contributed by atoms with E-state index in [1.165, 1.54) is 5.56 Å². The second-order valence-electron chi connectivity index (χ2n) is 6.00. The van der Waals surface area contributed by atoms with Crippen LogP contribution in [-0.4, -0.2) is 24.5 Å². The van der Waals surface area contributed by atoms with Gasteiger partial charge in [0.05, 0.1) is 6.42 Å². The molecule has 1 aliphatic rings. The standard InChI is InChI=1S/C19H20N2O4/c1-12-7-8-14(9-13(12)2)10-18(22)20-21-19(23)17-11-24-15-5-3-4-6-16(15)25-17/h3-9,17H,10-11H2,1-2H3,(H,20,22)(H,21,23)/t17-/m1/s1. The monoisotopic (exact) mass is 340 g/mol. The molecule has 0 fully saturated rings. The minimum Gasteiger partial charge on any atom is -0.485 e. The molecule has 0 aliphatic carbocycles. The van der Waals surface area contributed by atoms with Crippen LogP contribution in [0.15, 0.2) is 42.5 Å². The molecule has 1 heterocycles. The van der Waals surface area contributed by atoms with Crippen LogP contribution in [0, 0.1) is 13.8 Å². The highest BCUT2D eigenvalue weighted by molar-refractivity contribution is 5.86. The zero-order valence-electron chi connectivity index (χ0n) is 14.2. The Balaban J connectivity index is 1.50. The van der Waals surface area contributed by atoms with Crippen molar-refractivity contribution in [3.8, 4) is 11.5 Å². The average molecular weight is 340 g/mol. The lowest BCUT2D eigenvalue weighted by Gasteiger charge is -2.25. The molecule has 0 aromatic heterocycles. The summed E-state index contributed by atoms with van der Waals surface area (Å²) >= 11 is 0. The van der Waals surface area contributed by atoms with Gasteiger partial charge in [0.2, 0.25) is 12.0 Å². The molecule has 0 bridgehead atoms. The van der Waals surface area contributed by atoms with E-state index in [4.69, 9.17) is 9.47 Å². The molecule has 6 nitrogen and oxygen atoms in total. The van der Waals surface area contributed by atoms with Gasteiger partial charge in [0.1, 0.15) is 6.61 Å². The van der Waals surface area contributed by atoms with Gasteiger partial charge < -0.3 is 9.47 Å². The smallest absolute Gasteiger partial charge is 0.283 e.